The minimum absolute atomic E-state index is 0.128. The standard InChI is InChI=1S/C14H16ClN3OS/c1-2-10-7-9(8-13(16)18-10)14(19)17-6-5-11-3-4-12(15)20-11/h3-4,7-8H,2,5-6H2,1H3,(H2,16,18)(H,17,19). The van der Waals surface area contributed by atoms with E-state index in [2.05, 4.69) is 10.3 Å². The van der Waals surface area contributed by atoms with Gasteiger partial charge in [0.05, 0.1) is 4.34 Å². The van der Waals surface area contributed by atoms with Crippen molar-refractivity contribution in [1.82, 2.24) is 10.3 Å². The molecule has 0 saturated carbocycles. The summed E-state index contributed by atoms with van der Waals surface area (Å²) in [4.78, 5) is 17.3. The van der Waals surface area contributed by atoms with Crippen LogP contribution in [0.3, 0.4) is 0 Å². The number of halogens is 1. The number of nitrogens with one attached hydrogen (secondary N) is 1. The molecule has 20 heavy (non-hydrogen) atoms. The van der Waals surface area contributed by atoms with Crippen LogP contribution in [0.5, 0.6) is 0 Å². The summed E-state index contributed by atoms with van der Waals surface area (Å²) in [7, 11) is 0. The quantitative estimate of drug-likeness (QED) is 0.892. The first kappa shape index (κ1) is 14.8. The molecule has 0 aliphatic rings. The molecule has 2 aromatic rings. The van der Waals surface area contributed by atoms with Gasteiger partial charge in [0.2, 0.25) is 0 Å². The Balaban J connectivity index is 1.93. The summed E-state index contributed by atoms with van der Waals surface area (Å²) in [5.74, 6) is 0.246. The third kappa shape index (κ3) is 3.95. The van der Waals surface area contributed by atoms with Gasteiger partial charge in [-0.1, -0.05) is 18.5 Å². The van der Waals surface area contributed by atoms with E-state index in [0.717, 1.165) is 27.7 Å². The molecule has 2 aromatic heterocycles. The SMILES string of the molecule is CCc1cc(C(=O)NCCc2ccc(Cl)s2)cc(N)n1. The van der Waals surface area contributed by atoms with Gasteiger partial charge in [-0.3, -0.25) is 4.79 Å². The van der Waals surface area contributed by atoms with Crippen LogP contribution in [0.1, 0.15) is 27.9 Å². The highest BCUT2D eigenvalue weighted by atomic mass is 35.5. The van der Waals surface area contributed by atoms with Gasteiger partial charge in [-0.15, -0.1) is 11.3 Å². The number of aromatic nitrogens is 1. The van der Waals surface area contributed by atoms with Crippen molar-refractivity contribution in [3.63, 3.8) is 0 Å². The summed E-state index contributed by atoms with van der Waals surface area (Å²) in [5.41, 5.74) is 7.06. The number of amides is 1. The molecule has 2 rings (SSSR count). The van der Waals surface area contributed by atoms with E-state index >= 15 is 0 Å². The van der Waals surface area contributed by atoms with Crippen molar-refractivity contribution in [2.45, 2.75) is 19.8 Å². The molecule has 0 atom stereocenters. The number of nitrogens with zero attached hydrogens (tertiary/aromatic N) is 1. The van der Waals surface area contributed by atoms with Crippen molar-refractivity contribution in [2.24, 2.45) is 0 Å². The lowest BCUT2D eigenvalue weighted by atomic mass is 10.2. The fourth-order valence-electron chi connectivity index (χ4n) is 1.81. The molecular formula is C14H16ClN3OS. The highest BCUT2D eigenvalue weighted by molar-refractivity contribution is 7.16. The molecule has 0 spiro atoms. The Labute approximate surface area is 127 Å². The molecule has 0 bridgehead atoms. The number of anilines is 1. The van der Waals surface area contributed by atoms with Gasteiger partial charge in [-0.05, 0) is 37.1 Å². The highest BCUT2D eigenvalue weighted by Gasteiger charge is 2.08. The molecule has 0 unspecified atom stereocenters. The monoisotopic (exact) mass is 309 g/mol. The van der Waals surface area contributed by atoms with Crippen molar-refractivity contribution < 1.29 is 4.79 Å². The van der Waals surface area contributed by atoms with Gasteiger partial charge in [-0.25, -0.2) is 4.98 Å². The van der Waals surface area contributed by atoms with E-state index in [0.29, 0.717) is 17.9 Å². The van der Waals surface area contributed by atoms with Crippen molar-refractivity contribution in [3.8, 4) is 0 Å². The second-order valence-electron chi connectivity index (χ2n) is 4.34. The summed E-state index contributed by atoms with van der Waals surface area (Å²) in [6, 6.07) is 7.20. The normalized spacial score (nSPS) is 10.5. The summed E-state index contributed by atoms with van der Waals surface area (Å²) >= 11 is 7.39. The van der Waals surface area contributed by atoms with Crippen LogP contribution in [0.4, 0.5) is 5.82 Å². The Hall–Kier alpha value is -1.59. The second kappa shape index (κ2) is 6.72. The smallest absolute Gasteiger partial charge is 0.251 e. The number of rotatable bonds is 5. The Bertz CT molecular complexity index is 612. The summed E-state index contributed by atoms with van der Waals surface area (Å²) in [5, 5.41) is 2.88. The zero-order valence-corrected chi connectivity index (χ0v) is 12.7. The first-order chi connectivity index (χ1) is 9.58. The summed E-state index contributed by atoms with van der Waals surface area (Å²) in [6.07, 6.45) is 1.52. The molecule has 0 saturated heterocycles. The van der Waals surface area contributed by atoms with E-state index in [1.165, 1.54) is 11.3 Å². The van der Waals surface area contributed by atoms with Crippen molar-refractivity contribution in [2.75, 3.05) is 12.3 Å². The third-order valence-electron chi connectivity index (χ3n) is 2.81. The predicted molar refractivity (Wildman–Crippen MR) is 83.4 cm³/mol. The fraction of sp³-hybridized carbons (Fsp3) is 0.286. The Morgan fingerprint density at radius 3 is 2.90 bits per heavy atom. The van der Waals surface area contributed by atoms with Crippen LogP contribution in [-0.2, 0) is 12.8 Å². The highest BCUT2D eigenvalue weighted by Crippen LogP contribution is 2.21. The average Bonchev–Trinajstić information content (AvgIpc) is 2.83. The number of carbonyl (C=O) groups excluding carboxylic acids is 1. The lowest BCUT2D eigenvalue weighted by molar-refractivity contribution is 0.0954. The first-order valence-electron chi connectivity index (χ1n) is 6.37. The number of aryl methyl sites for hydroxylation is 1. The third-order valence-corrected chi connectivity index (χ3v) is 4.10. The largest absolute Gasteiger partial charge is 0.384 e. The Morgan fingerprint density at radius 2 is 2.25 bits per heavy atom. The van der Waals surface area contributed by atoms with Gasteiger partial charge >= 0.3 is 0 Å². The molecule has 3 N–H and O–H groups in total. The van der Waals surface area contributed by atoms with E-state index in [1.54, 1.807) is 12.1 Å². The number of nitrogens with two attached hydrogens (primary N) is 1. The van der Waals surface area contributed by atoms with E-state index in [-0.39, 0.29) is 5.91 Å². The van der Waals surface area contributed by atoms with E-state index < -0.39 is 0 Å². The van der Waals surface area contributed by atoms with Crippen LogP contribution in [0.2, 0.25) is 4.34 Å². The van der Waals surface area contributed by atoms with Crippen LogP contribution in [0.15, 0.2) is 24.3 Å². The summed E-state index contributed by atoms with van der Waals surface area (Å²) < 4.78 is 0.765. The number of pyridine rings is 1. The topological polar surface area (TPSA) is 68.0 Å². The Kier molecular flexibility index (Phi) is 4.98. The first-order valence-corrected chi connectivity index (χ1v) is 7.56. The minimum atomic E-state index is -0.128. The number of hydrogen-bond donors (Lipinski definition) is 2. The molecule has 0 fully saturated rings. The molecule has 106 valence electrons. The van der Waals surface area contributed by atoms with Crippen molar-refractivity contribution in [1.29, 1.82) is 0 Å². The van der Waals surface area contributed by atoms with Crippen LogP contribution >= 0.6 is 22.9 Å². The summed E-state index contributed by atoms with van der Waals surface area (Å²) in [6.45, 7) is 2.54. The number of carbonyl (C=O) groups is 1. The number of hydrogen-bond acceptors (Lipinski definition) is 4. The molecule has 6 heteroatoms. The molecule has 1 amide bonds. The van der Waals surface area contributed by atoms with Crippen LogP contribution < -0.4 is 11.1 Å². The lowest BCUT2D eigenvalue weighted by Crippen LogP contribution is -2.25. The van der Waals surface area contributed by atoms with Gasteiger partial charge in [0.15, 0.2) is 0 Å². The molecule has 0 radical (unpaired) electrons. The fourth-order valence-corrected chi connectivity index (χ4v) is 2.90. The van der Waals surface area contributed by atoms with Gasteiger partial charge in [0, 0.05) is 22.7 Å². The molecule has 0 aliphatic carbocycles. The second-order valence-corrected chi connectivity index (χ2v) is 6.14. The molecule has 0 aromatic carbocycles. The van der Waals surface area contributed by atoms with Crippen LogP contribution in [0, 0.1) is 0 Å². The van der Waals surface area contributed by atoms with Crippen LogP contribution in [-0.4, -0.2) is 17.4 Å². The van der Waals surface area contributed by atoms with Gasteiger partial charge in [0.25, 0.3) is 5.91 Å². The predicted octanol–water partition coefficient (Wildman–Crippen LogP) is 2.91. The Morgan fingerprint density at radius 1 is 1.45 bits per heavy atom. The van der Waals surface area contributed by atoms with Gasteiger partial charge in [-0.2, -0.15) is 0 Å². The molecule has 0 aliphatic heterocycles. The maximum absolute atomic E-state index is 12.0. The van der Waals surface area contributed by atoms with Gasteiger partial charge < -0.3 is 11.1 Å². The number of nitrogen functional groups attached to an aromatic ring is 1. The van der Waals surface area contributed by atoms with E-state index in [1.807, 2.05) is 19.1 Å². The minimum Gasteiger partial charge on any atom is -0.384 e. The number of thiophene rings is 1. The molecule has 2 heterocycles. The van der Waals surface area contributed by atoms with Crippen molar-refractivity contribution >= 4 is 34.7 Å². The van der Waals surface area contributed by atoms with Crippen molar-refractivity contribution in [3.05, 3.63) is 44.7 Å². The van der Waals surface area contributed by atoms with Crippen LogP contribution in [0.25, 0.3) is 0 Å². The lowest BCUT2D eigenvalue weighted by Gasteiger charge is -2.06. The maximum atomic E-state index is 12.0. The maximum Gasteiger partial charge on any atom is 0.251 e. The zero-order valence-electron chi connectivity index (χ0n) is 11.1. The zero-order chi connectivity index (χ0) is 14.5. The van der Waals surface area contributed by atoms with E-state index in [9.17, 15) is 4.79 Å². The van der Waals surface area contributed by atoms with E-state index in [4.69, 9.17) is 17.3 Å². The molecular weight excluding hydrogens is 294 g/mol. The van der Waals surface area contributed by atoms with Gasteiger partial charge in [0.1, 0.15) is 5.82 Å². The molecule has 4 nitrogen and oxygen atoms in total. The average molecular weight is 310 g/mol.